The number of benzene rings is 3. The molecule has 178 valence electrons. The van der Waals surface area contributed by atoms with Crippen LogP contribution in [0.5, 0.6) is 0 Å². The highest BCUT2D eigenvalue weighted by molar-refractivity contribution is 5.81. The van der Waals surface area contributed by atoms with Crippen molar-refractivity contribution in [3.05, 3.63) is 141 Å². The smallest absolute Gasteiger partial charge is 0.0864 e. The number of para-hydroxylation sites is 2. The predicted molar refractivity (Wildman–Crippen MR) is 155 cm³/mol. The van der Waals surface area contributed by atoms with Crippen molar-refractivity contribution in [1.82, 2.24) is 0 Å². The van der Waals surface area contributed by atoms with Gasteiger partial charge in [-0.2, -0.15) is 0 Å². The van der Waals surface area contributed by atoms with Gasteiger partial charge in [-0.1, -0.05) is 97.1 Å². The molecule has 0 bridgehead atoms. The summed E-state index contributed by atoms with van der Waals surface area (Å²) in [5, 5.41) is 8.86. The summed E-state index contributed by atoms with van der Waals surface area (Å²) in [6.45, 7) is 0. The fraction of sp³-hybridized carbons (Fsp3) is 0.147. The first-order valence-electron chi connectivity index (χ1n) is 12.8. The van der Waals surface area contributed by atoms with E-state index in [9.17, 15) is 0 Å². The third-order valence-corrected chi connectivity index (χ3v) is 6.66. The van der Waals surface area contributed by atoms with Crippen LogP contribution < -0.4 is 15.8 Å². The van der Waals surface area contributed by atoms with Crippen LogP contribution in [0.1, 0.15) is 30.4 Å². The number of hydrogen-bond acceptors (Lipinski definition) is 2. The first-order chi connectivity index (χ1) is 17.9. The zero-order valence-electron chi connectivity index (χ0n) is 20.6. The molecule has 0 atom stereocenters. The zero-order chi connectivity index (χ0) is 24.4. The Hall–Kier alpha value is -4.17. The Morgan fingerprint density at radius 2 is 1.50 bits per heavy atom. The van der Waals surface area contributed by atoms with Gasteiger partial charge in [0.1, 0.15) is 0 Å². The summed E-state index contributed by atoms with van der Waals surface area (Å²) < 4.78 is 0. The molecule has 36 heavy (non-hydrogen) atoms. The van der Waals surface area contributed by atoms with Gasteiger partial charge < -0.3 is 5.32 Å². The molecule has 0 radical (unpaired) electrons. The lowest BCUT2D eigenvalue weighted by Gasteiger charge is -2.16. The van der Waals surface area contributed by atoms with Gasteiger partial charge >= 0.3 is 0 Å². The van der Waals surface area contributed by atoms with Crippen LogP contribution in [-0.2, 0) is 12.8 Å². The molecular weight excluding hydrogens is 436 g/mol. The SMILES string of the molecule is C1=CC=CCC=C1.C1=CNc2ccccc2N=C1.C1=c2ccc3c(c2CCC1)CC=c1ccccc1=3. The molecule has 0 saturated carbocycles. The van der Waals surface area contributed by atoms with Crippen molar-refractivity contribution in [2.24, 2.45) is 4.99 Å². The fourth-order valence-corrected chi connectivity index (χ4v) is 4.89. The molecule has 1 heterocycles. The molecule has 2 heteroatoms. The summed E-state index contributed by atoms with van der Waals surface area (Å²) in [5.41, 5.74) is 5.21. The van der Waals surface area contributed by atoms with Gasteiger partial charge in [-0.05, 0) is 82.3 Å². The molecule has 2 nitrogen and oxygen atoms in total. The number of allylic oxidation sites excluding steroid dienone is 7. The van der Waals surface area contributed by atoms with Gasteiger partial charge in [-0.15, -0.1) is 0 Å². The van der Waals surface area contributed by atoms with Crippen molar-refractivity contribution < 1.29 is 0 Å². The van der Waals surface area contributed by atoms with Gasteiger partial charge in [0.2, 0.25) is 0 Å². The normalized spacial score (nSPS) is 15.3. The van der Waals surface area contributed by atoms with Gasteiger partial charge in [0.05, 0.1) is 11.4 Å². The lowest BCUT2D eigenvalue weighted by molar-refractivity contribution is 0.824. The molecule has 4 aliphatic rings. The summed E-state index contributed by atoms with van der Waals surface area (Å²) >= 11 is 0. The number of aliphatic imine (C=N–C) groups is 1. The average Bonchev–Trinajstić information content (AvgIpc) is 3.39. The number of hydrogen-bond donors (Lipinski definition) is 1. The second kappa shape index (κ2) is 12.0. The first kappa shape index (κ1) is 23.6. The van der Waals surface area contributed by atoms with E-state index in [1.165, 1.54) is 40.1 Å². The van der Waals surface area contributed by atoms with Crippen molar-refractivity contribution in [2.75, 3.05) is 5.32 Å². The number of nitrogens with one attached hydrogen (secondary N) is 1. The Kier molecular flexibility index (Phi) is 7.85. The largest absolute Gasteiger partial charge is 0.360 e. The molecule has 3 aromatic carbocycles. The van der Waals surface area contributed by atoms with E-state index in [0.29, 0.717) is 0 Å². The van der Waals surface area contributed by atoms with Crippen molar-refractivity contribution in [2.45, 2.75) is 32.1 Å². The maximum Gasteiger partial charge on any atom is 0.0864 e. The highest BCUT2D eigenvalue weighted by atomic mass is 14.9. The third kappa shape index (κ3) is 5.72. The van der Waals surface area contributed by atoms with Crippen molar-refractivity contribution in [1.29, 1.82) is 0 Å². The molecule has 3 aliphatic carbocycles. The fourth-order valence-electron chi connectivity index (χ4n) is 4.89. The maximum absolute atomic E-state index is 4.21. The summed E-state index contributed by atoms with van der Waals surface area (Å²) in [4.78, 5) is 4.21. The van der Waals surface area contributed by atoms with Crippen LogP contribution in [0.2, 0.25) is 0 Å². The van der Waals surface area contributed by atoms with Crippen LogP contribution in [-0.4, -0.2) is 6.21 Å². The Morgan fingerprint density at radius 1 is 0.667 bits per heavy atom. The molecule has 0 aromatic heterocycles. The van der Waals surface area contributed by atoms with Crippen LogP contribution in [0.4, 0.5) is 11.4 Å². The molecule has 7 rings (SSSR count). The van der Waals surface area contributed by atoms with E-state index in [4.69, 9.17) is 0 Å². The van der Waals surface area contributed by atoms with Crippen LogP contribution >= 0.6 is 0 Å². The molecule has 0 fully saturated rings. The van der Waals surface area contributed by atoms with E-state index in [1.54, 1.807) is 17.3 Å². The first-order valence-corrected chi connectivity index (χ1v) is 12.8. The Balaban J connectivity index is 0.000000126. The van der Waals surface area contributed by atoms with E-state index in [-0.39, 0.29) is 0 Å². The number of rotatable bonds is 0. The van der Waals surface area contributed by atoms with Crippen molar-refractivity contribution >= 4 is 29.7 Å². The highest BCUT2D eigenvalue weighted by Crippen LogP contribution is 2.24. The quantitative estimate of drug-likeness (QED) is 0.385. The van der Waals surface area contributed by atoms with E-state index < -0.39 is 0 Å². The minimum absolute atomic E-state index is 0.984. The minimum atomic E-state index is 0.984. The maximum atomic E-state index is 4.21. The van der Waals surface area contributed by atoms with E-state index in [2.05, 4.69) is 83.2 Å². The van der Waals surface area contributed by atoms with Crippen LogP contribution in [0.25, 0.3) is 12.2 Å². The van der Waals surface area contributed by atoms with Crippen molar-refractivity contribution in [3.63, 3.8) is 0 Å². The summed E-state index contributed by atoms with van der Waals surface area (Å²) in [7, 11) is 0. The minimum Gasteiger partial charge on any atom is -0.360 e. The van der Waals surface area contributed by atoms with Gasteiger partial charge in [-0.25, -0.2) is 0 Å². The lowest BCUT2D eigenvalue weighted by atomic mass is 9.89. The topological polar surface area (TPSA) is 24.4 Å². The zero-order valence-corrected chi connectivity index (χ0v) is 20.6. The van der Waals surface area contributed by atoms with E-state index in [0.717, 1.165) is 24.2 Å². The van der Waals surface area contributed by atoms with Crippen LogP contribution in [0.3, 0.4) is 0 Å². The van der Waals surface area contributed by atoms with Gasteiger partial charge in [0.15, 0.2) is 0 Å². The molecule has 3 aromatic rings. The summed E-state index contributed by atoms with van der Waals surface area (Å²) in [5.74, 6) is 0. The molecule has 0 saturated heterocycles. The van der Waals surface area contributed by atoms with E-state index >= 15 is 0 Å². The summed E-state index contributed by atoms with van der Waals surface area (Å²) in [6.07, 6.45) is 28.7. The Morgan fingerprint density at radius 3 is 2.42 bits per heavy atom. The Bertz CT molecular complexity index is 1570. The number of nitrogens with zero attached hydrogens (tertiary/aromatic N) is 1. The van der Waals surface area contributed by atoms with Gasteiger partial charge in [0.25, 0.3) is 0 Å². The molecular formula is C34H32N2. The van der Waals surface area contributed by atoms with Crippen LogP contribution in [0.15, 0.2) is 114 Å². The van der Waals surface area contributed by atoms with Crippen LogP contribution in [0, 0.1) is 10.4 Å². The molecule has 1 N–H and O–H groups in total. The molecule has 0 amide bonds. The van der Waals surface area contributed by atoms with E-state index in [1.807, 2.05) is 48.7 Å². The second-order valence-corrected chi connectivity index (χ2v) is 9.03. The highest BCUT2D eigenvalue weighted by Gasteiger charge is 2.10. The molecule has 0 spiro atoms. The predicted octanol–water partition coefficient (Wildman–Crippen LogP) is 6.81. The van der Waals surface area contributed by atoms with Gasteiger partial charge in [0, 0.05) is 12.4 Å². The lowest BCUT2D eigenvalue weighted by Crippen LogP contribution is -2.19. The van der Waals surface area contributed by atoms with Crippen molar-refractivity contribution in [3.8, 4) is 0 Å². The molecule has 0 unspecified atom stereocenters. The van der Waals surface area contributed by atoms with Gasteiger partial charge in [-0.3, -0.25) is 4.99 Å². The standard InChI is InChI=1S/C18H16.C9H8N2.C7H8/c1-3-7-15-13(5-1)9-11-18-16-8-4-2-6-14(16)10-12-17(15)18;1-2-5-9-8(4-1)10-6-3-7-11-9;1-2-4-6-7-5-3-1/h1,3,5-7,9-10,12H,2,4,8,11H2;1-7,10H;1-6H,7H2. The second-order valence-electron chi connectivity index (χ2n) is 9.03. The average molecular weight is 469 g/mol. The number of anilines is 1. The third-order valence-electron chi connectivity index (χ3n) is 6.66. The summed E-state index contributed by atoms with van der Waals surface area (Å²) in [6, 6.07) is 21.3. The number of fused-ring (bicyclic) bond motifs is 5. The molecule has 1 aliphatic heterocycles. The monoisotopic (exact) mass is 468 g/mol. The Labute approximate surface area is 213 Å².